The fourth-order valence-electron chi connectivity index (χ4n) is 2.22. The molecule has 0 aliphatic heterocycles. The van der Waals surface area contributed by atoms with Crippen molar-refractivity contribution in [2.24, 2.45) is 0 Å². The van der Waals surface area contributed by atoms with Gasteiger partial charge in [-0.05, 0) is 26.0 Å². The van der Waals surface area contributed by atoms with Crippen LogP contribution in [0.25, 0.3) is 11.4 Å². The molecule has 0 saturated heterocycles. The lowest BCUT2D eigenvalue weighted by atomic mass is 10.1. The van der Waals surface area contributed by atoms with Gasteiger partial charge >= 0.3 is 0 Å². The quantitative estimate of drug-likeness (QED) is 0.813. The number of imidazole rings is 1. The van der Waals surface area contributed by atoms with Gasteiger partial charge in [0.1, 0.15) is 5.82 Å². The zero-order valence-corrected chi connectivity index (χ0v) is 14.3. The normalized spacial score (nSPS) is 11.5. The molecule has 1 heterocycles. The van der Waals surface area contributed by atoms with Gasteiger partial charge < -0.3 is 18.8 Å². The Kier molecular flexibility index (Phi) is 4.98. The molecule has 0 unspecified atom stereocenters. The Labute approximate surface area is 135 Å². The smallest absolute Gasteiger partial charge is 0.180 e. The first-order chi connectivity index (χ1) is 10.4. The number of hydrogen-bond acceptors (Lipinski definition) is 4. The van der Waals surface area contributed by atoms with E-state index in [2.05, 4.69) is 4.98 Å². The van der Waals surface area contributed by atoms with E-state index in [-0.39, 0.29) is 5.60 Å². The van der Waals surface area contributed by atoms with Crippen molar-refractivity contribution in [3.8, 4) is 22.9 Å². The van der Waals surface area contributed by atoms with Crippen LogP contribution in [-0.4, -0.2) is 36.5 Å². The summed E-state index contributed by atoms with van der Waals surface area (Å²) in [5.41, 5.74) is 0.481. The maximum absolute atomic E-state index is 6.47. The molecule has 0 aliphatic rings. The molecule has 5 nitrogen and oxygen atoms in total. The monoisotopic (exact) mass is 324 g/mol. The molecule has 0 amide bonds. The van der Waals surface area contributed by atoms with E-state index in [1.54, 1.807) is 27.5 Å². The third-order valence-electron chi connectivity index (χ3n) is 3.55. The van der Waals surface area contributed by atoms with Gasteiger partial charge in [-0.15, -0.1) is 0 Å². The number of hydrogen-bond donors (Lipinski definition) is 0. The molecule has 22 heavy (non-hydrogen) atoms. The van der Waals surface area contributed by atoms with E-state index in [9.17, 15) is 0 Å². The van der Waals surface area contributed by atoms with Crippen molar-refractivity contribution in [3.05, 3.63) is 29.5 Å². The summed E-state index contributed by atoms with van der Waals surface area (Å²) in [6.45, 7) is 4.70. The highest BCUT2D eigenvalue weighted by atomic mass is 35.5. The van der Waals surface area contributed by atoms with Gasteiger partial charge in [0.05, 0.1) is 31.4 Å². The lowest BCUT2D eigenvalue weighted by molar-refractivity contribution is 0.00850. The van der Waals surface area contributed by atoms with Gasteiger partial charge in [0.2, 0.25) is 0 Å². The van der Waals surface area contributed by atoms with Gasteiger partial charge in [-0.1, -0.05) is 11.6 Å². The third-order valence-corrected chi connectivity index (χ3v) is 3.92. The average Bonchev–Trinajstić information content (AvgIpc) is 2.94. The van der Waals surface area contributed by atoms with E-state index in [4.69, 9.17) is 25.8 Å². The van der Waals surface area contributed by atoms with Crippen molar-refractivity contribution in [2.75, 3.05) is 21.3 Å². The Morgan fingerprint density at radius 3 is 2.50 bits per heavy atom. The van der Waals surface area contributed by atoms with E-state index in [0.29, 0.717) is 23.1 Å². The summed E-state index contributed by atoms with van der Waals surface area (Å²) in [6.07, 6.45) is 3.65. The molecule has 0 fully saturated rings. The zero-order chi connectivity index (χ0) is 16.3. The highest BCUT2D eigenvalue weighted by Gasteiger charge is 2.22. The van der Waals surface area contributed by atoms with E-state index in [1.165, 1.54) is 0 Å². The average molecular weight is 325 g/mol. The van der Waals surface area contributed by atoms with Crippen LogP contribution in [0.4, 0.5) is 0 Å². The second-order valence-electron chi connectivity index (χ2n) is 5.51. The van der Waals surface area contributed by atoms with Gasteiger partial charge in [-0.25, -0.2) is 4.98 Å². The lowest BCUT2D eigenvalue weighted by Crippen LogP contribution is -2.29. The fourth-order valence-corrected chi connectivity index (χ4v) is 2.54. The van der Waals surface area contributed by atoms with Crippen molar-refractivity contribution in [1.29, 1.82) is 0 Å². The van der Waals surface area contributed by atoms with Gasteiger partial charge in [-0.3, -0.25) is 0 Å². The fraction of sp³-hybridized carbons (Fsp3) is 0.438. The molecule has 0 spiro atoms. The zero-order valence-electron chi connectivity index (χ0n) is 13.5. The van der Waals surface area contributed by atoms with Crippen LogP contribution in [0.15, 0.2) is 24.5 Å². The highest BCUT2D eigenvalue weighted by molar-refractivity contribution is 6.35. The minimum Gasteiger partial charge on any atom is -0.493 e. The Balaban J connectivity index is 2.48. The summed E-state index contributed by atoms with van der Waals surface area (Å²) in [5, 5.41) is 0.476. The Morgan fingerprint density at radius 2 is 1.91 bits per heavy atom. The largest absolute Gasteiger partial charge is 0.493 e. The molecule has 120 valence electrons. The molecule has 2 aromatic rings. The summed E-state index contributed by atoms with van der Waals surface area (Å²) in [5.74, 6) is 1.85. The summed E-state index contributed by atoms with van der Waals surface area (Å²) in [4.78, 5) is 4.42. The minimum atomic E-state index is -0.307. The van der Waals surface area contributed by atoms with Crippen molar-refractivity contribution in [3.63, 3.8) is 0 Å². The topological polar surface area (TPSA) is 45.5 Å². The minimum absolute atomic E-state index is 0.307. The van der Waals surface area contributed by atoms with Crippen molar-refractivity contribution in [2.45, 2.75) is 26.0 Å². The summed E-state index contributed by atoms with van der Waals surface area (Å²) in [7, 11) is 4.84. The molecule has 0 bridgehead atoms. The molecule has 0 aliphatic carbocycles. The Hall–Kier alpha value is -1.72. The van der Waals surface area contributed by atoms with Gasteiger partial charge in [0.15, 0.2) is 11.5 Å². The van der Waals surface area contributed by atoms with Gasteiger partial charge in [0, 0.05) is 25.1 Å². The molecule has 2 rings (SSSR count). The number of halogens is 1. The summed E-state index contributed by atoms with van der Waals surface area (Å²) < 4.78 is 18.1. The Morgan fingerprint density at radius 1 is 1.18 bits per heavy atom. The summed E-state index contributed by atoms with van der Waals surface area (Å²) in [6, 6.07) is 3.70. The van der Waals surface area contributed by atoms with E-state index in [0.717, 1.165) is 11.4 Å². The predicted molar refractivity (Wildman–Crippen MR) is 86.9 cm³/mol. The maximum atomic E-state index is 6.47. The molecular weight excluding hydrogens is 304 g/mol. The predicted octanol–water partition coefficient (Wildman–Crippen LogP) is 3.65. The first-order valence-electron chi connectivity index (χ1n) is 6.90. The molecule has 0 radical (unpaired) electrons. The number of aromatic nitrogens is 2. The van der Waals surface area contributed by atoms with Gasteiger partial charge in [-0.2, -0.15) is 0 Å². The number of rotatable bonds is 6. The highest BCUT2D eigenvalue weighted by Crippen LogP contribution is 2.41. The van der Waals surface area contributed by atoms with Gasteiger partial charge in [0.25, 0.3) is 0 Å². The molecule has 0 N–H and O–H groups in total. The van der Waals surface area contributed by atoms with Crippen molar-refractivity contribution < 1.29 is 14.2 Å². The number of ether oxygens (including phenoxy) is 3. The number of nitrogens with zero attached hydrogens (tertiary/aromatic N) is 2. The van der Waals surface area contributed by atoms with Crippen LogP contribution < -0.4 is 9.47 Å². The third kappa shape index (κ3) is 3.20. The molecule has 0 atom stereocenters. The molecule has 6 heteroatoms. The second-order valence-corrected chi connectivity index (χ2v) is 5.88. The van der Waals surface area contributed by atoms with Crippen molar-refractivity contribution >= 4 is 11.6 Å². The van der Waals surface area contributed by atoms with Crippen LogP contribution >= 0.6 is 11.6 Å². The van der Waals surface area contributed by atoms with E-state index >= 15 is 0 Å². The standard InChI is InChI=1S/C16H21ClN2O3/c1-16(2,22-5)10-19-9-8-18-15(19)11-6-7-12(20-3)14(21-4)13(11)17/h6-9H,10H2,1-5H3. The molecule has 1 aromatic heterocycles. The van der Waals surface area contributed by atoms with Crippen molar-refractivity contribution in [1.82, 2.24) is 9.55 Å². The first kappa shape index (κ1) is 16.6. The lowest BCUT2D eigenvalue weighted by Gasteiger charge is -2.24. The van der Waals surface area contributed by atoms with Crippen LogP contribution in [0.2, 0.25) is 5.02 Å². The summed E-state index contributed by atoms with van der Waals surface area (Å²) >= 11 is 6.47. The molecular formula is C16H21ClN2O3. The Bertz CT molecular complexity index is 653. The SMILES string of the molecule is COc1ccc(-c2nccn2CC(C)(C)OC)c(Cl)c1OC. The second kappa shape index (κ2) is 6.58. The molecule has 1 aromatic carbocycles. The first-order valence-corrected chi connectivity index (χ1v) is 7.28. The van der Waals surface area contributed by atoms with Crippen LogP contribution in [0.3, 0.4) is 0 Å². The van der Waals surface area contributed by atoms with E-state index in [1.807, 2.05) is 36.7 Å². The van der Waals surface area contributed by atoms with Crippen LogP contribution in [0, 0.1) is 0 Å². The van der Waals surface area contributed by atoms with Crippen LogP contribution in [0.5, 0.6) is 11.5 Å². The van der Waals surface area contributed by atoms with E-state index < -0.39 is 0 Å². The number of methoxy groups -OCH3 is 3. The maximum Gasteiger partial charge on any atom is 0.180 e. The van der Waals surface area contributed by atoms with Crippen LogP contribution in [-0.2, 0) is 11.3 Å². The number of benzene rings is 1. The van der Waals surface area contributed by atoms with Crippen LogP contribution in [0.1, 0.15) is 13.8 Å². The molecule has 0 saturated carbocycles.